The van der Waals surface area contributed by atoms with Crippen LogP contribution in [0.2, 0.25) is 0 Å². The number of quaternary nitrogens is 1. The fraction of sp³-hybridized carbons (Fsp3) is 0.528. The number of carboxylic acid groups (broad SMARTS) is 1. The number of aliphatic carboxylic acids is 1. The van der Waals surface area contributed by atoms with Gasteiger partial charge in [0.15, 0.2) is 40.5 Å². The summed E-state index contributed by atoms with van der Waals surface area (Å²) in [6.07, 6.45) is 18.1. The Labute approximate surface area is 375 Å². The Morgan fingerprint density at radius 1 is 0.746 bits per heavy atom. The van der Waals surface area contributed by atoms with Crippen molar-refractivity contribution in [2.24, 2.45) is 0 Å². The molecule has 0 saturated carbocycles. The first-order chi connectivity index (χ1) is 30.6. The molecule has 0 fully saturated rings. The lowest BCUT2D eigenvalue weighted by atomic mass is 9.84. The first kappa shape index (κ1) is 46.1. The van der Waals surface area contributed by atoms with Gasteiger partial charge in [-0.3, -0.25) is 4.90 Å². The van der Waals surface area contributed by atoms with Crippen LogP contribution < -0.4 is 23.7 Å². The molecular formula is C53H71N2O8+. The summed E-state index contributed by atoms with van der Waals surface area (Å²) in [5, 5.41) is 23.0. The number of benzene rings is 4. The molecule has 4 heterocycles. The normalized spacial score (nSPS) is 19.8. The van der Waals surface area contributed by atoms with Crippen molar-refractivity contribution in [2.75, 3.05) is 48.5 Å². The summed E-state index contributed by atoms with van der Waals surface area (Å²) in [7, 11) is 9.10. The first-order valence-corrected chi connectivity index (χ1v) is 23.6. The van der Waals surface area contributed by atoms with Gasteiger partial charge in [-0.25, -0.2) is 4.79 Å². The zero-order chi connectivity index (χ0) is 44.5. The number of carboxylic acids is 1. The monoisotopic (exact) mass is 864 g/mol. The van der Waals surface area contributed by atoms with E-state index in [0.717, 1.165) is 65.6 Å². The standard InChI is InChI=1S/C53H70N2O8/c1-7-8-9-10-11-12-13-14-15-16-17-18-19-43(53(57)58)55(3)29-27-38-33-46(60-5)48-35-41(38)44(55)31-36-20-23-40(24-21-36)62-47-32-37(22-25-45(47)59-4)30-42-50-39(26-28-54(42)2)34-49(61-6)51(56)52(50)63-48/h20-25,32-35,42-44H,7-19,26-31H2,1-6H3,(H-,56,57,58)/p+1. The summed E-state index contributed by atoms with van der Waals surface area (Å²) in [6, 6.07) is 19.3. The van der Waals surface area contributed by atoms with Gasteiger partial charge in [0.25, 0.3) is 0 Å². The van der Waals surface area contributed by atoms with Crippen molar-refractivity contribution in [3.63, 3.8) is 0 Å². The number of hydrogen-bond donors (Lipinski definition) is 2. The Kier molecular flexibility index (Phi) is 15.5. The van der Waals surface area contributed by atoms with E-state index in [1.165, 1.54) is 57.8 Å². The highest BCUT2D eigenvalue weighted by atomic mass is 16.5. The predicted molar refractivity (Wildman–Crippen MR) is 248 cm³/mol. The lowest BCUT2D eigenvalue weighted by molar-refractivity contribution is -0.956. The molecule has 4 aromatic carbocycles. The quantitative estimate of drug-likeness (QED) is 0.0747. The van der Waals surface area contributed by atoms with Crippen molar-refractivity contribution < 1.29 is 43.2 Å². The maximum Gasteiger partial charge on any atom is 0.362 e. The summed E-state index contributed by atoms with van der Waals surface area (Å²) in [6.45, 7) is 3.74. The molecule has 10 heteroatoms. The minimum absolute atomic E-state index is 0.0745. The van der Waals surface area contributed by atoms with Crippen LogP contribution in [-0.2, 0) is 30.5 Å². The molecule has 6 bridgehead atoms. The summed E-state index contributed by atoms with van der Waals surface area (Å²) < 4.78 is 31.5. The number of hydrogen-bond acceptors (Lipinski definition) is 8. The van der Waals surface area contributed by atoms with Gasteiger partial charge in [0.2, 0.25) is 5.75 Å². The van der Waals surface area contributed by atoms with Crippen molar-refractivity contribution in [1.29, 1.82) is 0 Å². The largest absolute Gasteiger partial charge is 0.502 e. The Bertz CT molecular complexity index is 2170. The zero-order valence-electron chi connectivity index (χ0n) is 38.7. The van der Waals surface area contributed by atoms with Gasteiger partial charge in [-0.2, -0.15) is 0 Å². The van der Waals surface area contributed by atoms with E-state index in [-0.39, 0.29) is 17.8 Å². The average molecular weight is 864 g/mol. The molecule has 2 N–H and O–H groups in total. The smallest absolute Gasteiger partial charge is 0.362 e. The Hall–Kier alpha value is -4.93. The number of nitrogens with zero attached hydrogens (tertiary/aromatic N) is 2. The minimum atomic E-state index is -0.753. The summed E-state index contributed by atoms with van der Waals surface area (Å²) >= 11 is 0. The molecule has 8 rings (SSSR count). The van der Waals surface area contributed by atoms with Crippen LogP contribution >= 0.6 is 0 Å². The Morgan fingerprint density at radius 3 is 2.02 bits per heavy atom. The highest BCUT2D eigenvalue weighted by Gasteiger charge is 2.48. The minimum Gasteiger partial charge on any atom is -0.502 e. The molecule has 0 radical (unpaired) electrons. The van der Waals surface area contributed by atoms with Gasteiger partial charge in [-0.05, 0) is 91.0 Å². The molecular weight excluding hydrogens is 793 g/mol. The lowest BCUT2D eigenvalue weighted by Crippen LogP contribution is -2.60. The number of carbonyl (C=O) groups is 1. The molecule has 0 amide bonds. The molecule has 4 aliphatic rings. The predicted octanol–water partition coefficient (Wildman–Crippen LogP) is 11.9. The van der Waals surface area contributed by atoms with E-state index in [0.29, 0.717) is 77.0 Å². The fourth-order valence-corrected chi connectivity index (χ4v) is 10.5. The molecule has 0 aromatic heterocycles. The van der Waals surface area contributed by atoms with Crippen LogP contribution in [0.3, 0.4) is 0 Å². The summed E-state index contributed by atoms with van der Waals surface area (Å²) in [5.41, 5.74) is 6.20. The highest BCUT2D eigenvalue weighted by Crippen LogP contribution is 2.52. The SMILES string of the molecule is CCCCCCCCCCCCCCC(C(=O)O)[N+]1(C)CCc2cc(OC)c3cc2C1Cc1ccc(cc1)Oc1cc(ccc1OC)CC1c2c(cc(OC)c(O)c2O3)CCN1C. The number of ether oxygens (including phenoxy) is 5. The molecule has 0 spiro atoms. The number of phenols is 1. The van der Waals surface area contributed by atoms with Gasteiger partial charge in [-0.1, -0.05) is 95.8 Å². The molecule has 4 unspecified atom stereocenters. The first-order valence-electron chi connectivity index (χ1n) is 23.6. The van der Waals surface area contributed by atoms with Gasteiger partial charge in [0.1, 0.15) is 11.8 Å². The van der Waals surface area contributed by atoms with E-state index in [1.807, 2.05) is 30.3 Å². The van der Waals surface area contributed by atoms with Crippen LogP contribution in [0.25, 0.3) is 0 Å². The summed E-state index contributed by atoms with van der Waals surface area (Å²) in [4.78, 5) is 15.8. The fourth-order valence-electron chi connectivity index (χ4n) is 10.5. The second-order valence-corrected chi connectivity index (χ2v) is 18.4. The number of aromatic hydroxyl groups is 1. The van der Waals surface area contributed by atoms with Crippen LogP contribution in [-0.4, -0.2) is 80.1 Å². The van der Waals surface area contributed by atoms with Crippen molar-refractivity contribution in [1.82, 2.24) is 4.90 Å². The average Bonchev–Trinajstić information content (AvgIpc) is 3.28. The maximum absolute atomic E-state index is 13.5. The number of likely N-dealkylation sites (N-methyl/N-ethyl adjacent to an activating group) is 2. The number of methoxy groups -OCH3 is 3. The molecule has 4 aromatic rings. The number of phenolic OH excluding ortho intramolecular Hbond substituents is 1. The van der Waals surface area contributed by atoms with Crippen molar-refractivity contribution in [3.05, 3.63) is 94.0 Å². The van der Waals surface area contributed by atoms with Gasteiger partial charge >= 0.3 is 5.97 Å². The Morgan fingerprint density at radius 2 is 1.37 bits per heavy atom. The van der Waals surface area contributed by atoms with E-state index in [2.05, 4.69) is 56.3 Å². The number of fused-ring (bicyclic) bond motifs is 2. The van der Waals surface area contributed by atoms with Gasteiger partial charge in [-0.15, -0.1) is 0 Å². The van der Waals surface area contributed by atoms with Crippen molar-refractivity contribution >= 4 is 5.97 Å². The van der Waals surface area contributed by atoms with Crippen LogP contribution in [0, 0.1) is 0 Å². The second kappa shape index (κ2) is 21.2. The van der Waals surface area contributed by atoms with Gasteiger partial charge in [0, 0.05) is 43.0 Å². The summed E-state index contributed by atoms with van der Waals surface area (Å²) in [5.74, 6) is 2.80. The number of rotatable bonds is 18. The third-order valence-electron chi connectivity index (χ3n) is 14.3. The van der Waals surface area contributed by atoms with Gasteiger partial charge < -0.3 is 38.4 Å². The van der Waals surface area contributed by atoms with Gasteiger partial charge in [0.05, 0.1) is 34.9 Å². The van der Waals surface area contributed by atoms with E-state index in [4.69, 9.17) is 23.7 Å². The van der Waals surface area contributed by atoms with Crippen molar-refractivity contribution in [3.8, 4) is 46.0 Å². The molecule has 0 saturated heterocycles. The second-order valence-electron chi connectivity index (χ2n) is 18.4. The number of unbranched alkanes of at least 4 members (excludes halogenated alkanes) is 11. The van der Waals surface area contributed by atoms with E-state index in [1.54, 1.807) is 21.3 Å². The molecule has 4 atom stereocenters. The van der Waals surface area contributed by atoms with E-state index >= 15 is 0 Å². The van der Waals surface area contributed by atoms with E-state index in [9.17, 15) is 15.0 Å². The maximum atomic E-state index is 13.5. The molecule has 340 valence electrons. The third-order valence-corrected chi connectivity index (χ3v) is 14.3. The van der Waals surface area contributed by atoms with Crippen LogP contribution in [0.4, 0.5) is 0 Å². The molecule has 4 aliphatic heterocycles. The van der Waals surface area contributed by atoms with E-state index < -0.39 is 12.0 Å². The lowest BCUT2D eigenvalue weighted by Gasteiger charge is -2.49. The highest BCUT2D eigenvalue weighted by molar-refractivity contribution is 5.72. The van der Waals surface area contributed by atoms with Crippen molar-refractivity contribution in [2.45, 2.75) is 134 Å². The molecule has 0 aliphatic carbocycles. The third kappa shape index (κ3) is 10.4. The molecule has 10 nitrogen and oxygen atoms in total. The van der Waals surface area contributed by atoms with Crippen LogP contribution in [0.1, 0.15) is 136 Å². The topological polar surface area (TPSA) is 107 Å². The van der Waals surface area contributed by atoms with Crippen LogP contribution in [0.5, 0.6) is 46.0 Å². The van der Waals surface area contributed by atoms with Crippen LogP contribution in [0.15, 0.2) is 60.7 Å². The molecule has 63 heavy (non-hydrogen) atoms. The Balaban J connectivity index is 1.26. The zero-order valence-corrected chi connectivity index (χ0v) is 38.7.